The molecule has 1 atom stereocenters. The fourth-order valence-electron chi connectivity index (χ4n) is 1.93. The van der Waals surface area contributed by atoms with Gasteiger partial charge in [0.15, 0.2) is 0 Å². The number of nitrogens with zero attached hydrogens (tertiary/aromatic N) is 2. The van der Waals surface area contributed by atoms with Crippen LogP contribution >= 0.6 is 0 Å². The average molecular weight is 236 g/mol. The molecule has 94 valence electrons. The van der Waals surface area contributed by atoms with Crippen LogP contribution < -0.4 is 0 Å². The lowest BCUT2D eigenvalue weighted by Crippen LogP contribution is -2.36. The van der Waals surface area contributed by atoms with Crippen LogP contribution in [0.4, 0.5) is 4.79 Å². The lowest BCUT2D eigenvalue weighted by Gasteiger charge is -2.25. The molecule has 4 nitrogen and oxygen atoms in total. The molecule has 1 aliphatic heterocycles. The van der Waals surface area contributed by atoms with Gasteiger partial charge in [0, 0.05) is 13.1 Å². The van der Waals surface area contributed by atoms with Gasteiger partial charge in [0.25, 0.3) is 0 Å². The molecule has 1 rings (SSSR count). The zero-order chi connectivity index (χ0) is 13.1. The Labute approximate surface area is 103 Å². The van der Waals surface area contributed by atoms with Crippen molar-refractivity contribution >= 4 is 6.09 Å². The SMILES string of the molecule is C=CC[C@]1(C#N)CCN(C(=O)OC(C)(C)C)C1. The third-order valence-corrected chi connectivity index (χ3v) is 2.78. The van der Waals surface area contributed by atoms with E-state index in [-0.39, 0.29) is 6.09 Å². The topological polar surface area (TPSA) is 53.3 Å². The standard InChI is InChI=1S/C13H20N2O2/c1-5-6-13(9-14)7-8-15(10-13)11(16)17-12(2,3)4/h5H,1,6-8,10H2,2-4H3/t13-/m1/s1. The molecule has 0 aromatic rings. The van der Waals surface area contributed by atoms with Crippen molar-refractivity contribution in [1.82, 2.24) is 4.90 Å². The summed E-state index contributed by atoms with van der Waals surface area (Å²) in [4.78, 5) is 13.4. The van der Waals surface area contributed by atoms with Gasteiger partial charge in [0.05, 0.1) is 11.5 Å². The fraction of sp³-hybridized carbons (Fsp3) is 0.692. The highest BCUT2D eigenvalue weighted by Crippen LogP contribution is 2.34. The van der Waals surface area contributed by atoms with Crippen molar-refractivity contribution in [3.8, 4) is 6.07 Å². The van der Waals surface area contributed by atoms with Crippen LogP contribution in [0.5, 0.6) is 0 Å². The van der Waals surface area contributed by atoms with Crippen LogP contribution in [0.1, 0.15) is 33.6 Å². The summed E-state index contributed by atoms with van der Waals surface area (Å²) in [6.45, 7) is 10.2. The number of nitriles is 1. The van der Waals surface area contributed by atoms with Gasteiger partial charge in [0.2, 0.25) is 0 Å². The van der Waals surface area contributed by atoms with E-state index in [1.165, 1.54) is 0 Å². The minimum Gasteiger partial charge on any atom is -0.444 e. The summed E-state index contributed by atoms with van der Waals surface area (Å²) in [6, 6.07) is 2.31. The van der Waals surface area contributed by atoms with E-state index in [9.17, 15) is 10.1 Å². The van der Waals surface area contributed by atoms with Crippen LogP contribution in [0.3, 0.4) is 0 Å². The molecule has 0 saturated carbocycles. The van der Waals surface area contributed by atoms with Crippen LogP contribution in [0, 0.1) is 16.7 Å². The van der Waals surface area contributed by atoms with E-state index in [1.807, 2.05) is 20.8 Å². The second kappa shape index (κ2) is 4.79. The third-order valence-electron chi connectivity index (χ3n) is 2.78. The summed E-state index contributed by atoms with van der Waals surface area (Å²) in [6.07, 6.45) is 2.71. The van der Waals surface area contributed by atoms with Crippen LogP contribution in [0.2, 0.25) is 0 Å². The maximum Gasteiger partial charge on any atom is 0.410 e. The maximum absolute atomic E-state index is 11.8. The van der Waals surface area contributed by atoms with Gasteiger partial charge in [-0.15, -0.1) is 6.58 Å². The van der Waals surface area contributed by atoms with Gasteiger partial charge in [-0.1, -0.05) is 6.08 Å². The van der Waals surface area contributed by atoms with Crippen molar-refractivity contribution < 1.29 is 9.53 Å². The highest BCUT2D eigenvalue weighted by molar-refractivity contribution is 5.68. The Balaban J connectivity index is 2.64. The maximum atomic E-state index is 11.8. The van der Waals surface area contributed by atoms with Gasteiger partial charge in [-0.2, -0.15) is 5.26 Å². The molecule has 17 heavy (non-hydrogen) atoms. The second-order valence-corrected chi connectivity index (χ2v) is 5.54. The van der Waals surface area contributed by atoms with Crippen molar-refractivity contribution in [2.75, 3.05) is 13.1 Å². The summed E-state index contributed by atoms with van der Waals surface area (Å²) < 4.78 is 5.29. The first-order valence-electron chi connectivity index (χ1n) is 5.82. The van der Waals surface area contributed by atoms with Crippen molar-refractivity contribution in [1.29, 1.82) is 5.26 Å². The van der Waals surface area contributed by atoms with Crippen molar-refractivity contribution in [3.05, 3.63) is 12.7 Å². The van der Waals surface area contributed by atoms with Crippen molar-refractivity contribution in [2.24, 2.45) is 5.41 Å². The van der Waals surface area contributed by atoms with Gasteiger partial charge in [-0.05, 0) is 33.6 Å². The van der Waals surface area contributed by atoms with Gasteiger partial charge in [-0.3, -0.25) is 0 Å². The molecule has 0 spiro atoms. The summed E-state index contributed by atoms with van der Waals surface area (Å²) in [5.41, 5.74) is -0.966. The molecule has 1 saturated heterocycles. The van der Waals surface area contributed by atoms with Crippen LogP contribution in [-0.2, 0) is 4.74 Å². The summed E-state index contributed by atoms with van der Waals surface area (Å²) in [5.74, 6) is 0. The average Bonchev–Trinajstić information content (AvgIpc) is 2.61. The number of carbonyl (C=O) groups excluding carboxylic acids is 1. The normalized spacial score (nSPS) is 24.2. The number of ether oxygens (including phenoxy) is 1. The summed E-state index contributed by atoms with van der Waals surface area (Å²) in [7, 11) is 0. The fourth-order valence-corrected chi connectivity index (χ4v) is 1.93. The van der Waals surface area contributed by atoms with E-state index in [0.29, 0.717) is 25.9 Å². The molecule has 0 aromatic heterocycles. The van der Waals surface area contributed by atoms with E-state index < -0.39 is 11.0 Å². The van der Waals surface area contributed by atoms with Crippen molar-refractivity contribution in [3.63, 3.8) is 0 Å². The first-order valence-corrected chi connectivity index (χ1v) is 5.82. The van der Waals surface area contributed by atoms with Crippen LogP contribution in [-0.4, -0.2) is 29.7 Å². The molecular weight excluding hydrogens is 216 g/mol. The highest BCUT2D eigenvalue weighted by atomic mass is 16.6. The quantitative estimate of drug-likeness (QED) is 0.693. The molecule has 0 aliphatic carbocycles. The van der Waals surface area contributed by atoms with E-state index >= 15 is 0 Å². The third kappa shape index (κ3) is 3.48. The highest BCUT2D eigenvalue weighted by Gasteiger charge is 2.40. The van der Waals surface area contributed by atoms with Crippen LogP contribution in [0.25, 0.3) is 0 Å². The Bertz CT molecular complexity index is 351. The number of hydrogen-bond donors (Lipinski definition) is 0. The molecule has 1 fully saturated rings. The Hall–Kier alpha value is -1.50. The molecule has 1 aliphatic rings. The van der Waals surface area contributed by atoms with Crippen LogP contribution in [0.15, 0.2) is 12.7 Å². The number of allylic oxidation sites excluding steroid dienone is 1. The Kier molecular flexibility index (Phi) is 3.82. The first kappa shape index (κ1) is 13.6. The predicted octanol–water partition coefficient (Wildman–Crippen LogP) is 2.71. The monoisotopic (exact) mass is 236 g/mol. The Morgan fingerprint density at radius 3 is 2.76 bits per heavy atom. The van der Waals surface area contributed by atoms with E-state index in [0.717, 1.165) is 0 Å². The molecule has 0 N–H and O–H groups in total. The van der Waals surface area contributed by atoms with Gasteiger partial charge in [-0.25, -0.2) is 4.79 Å². The summed E-state index contributed by atoms with van der Waals surface area (Å²) >= 11 is 0. The minimum atomic E-state index is -0.493. The molecular formula is C13H20N2O2. The number of likely N-dealkylation sites (tertiary alicyclic amines) is 1. The number of rotatable bonds is 2. The second-order valence-electron chi connectivity index (χ2n) is 5.54. The molecule has 0 aromatic carbocycles. The van der Waals surface area contributed by atoms with Gasteiger partial charge in [0.1, 0.15) is 5.60 Å². The minimum absolute atomic E-state index is 0.335. The molecule has 0 radical (unpaired) electrons. The Morgan fingerprint density at radius 2 is 2.29 bits per heavy atom. The molecule has 0 unspecified atom stereocenters. The molecule has 1 heterocycles. The lowest BCUT2D eigenvalue weighted by molar-refractivity contribution is 0.0281. The lowest BCUT2D eigenvalue weighted by atomic mass is 9.85. The number of hydrogen-bond acceptors (Lipinski definition) is 3. The number of carbonyl (C=O) groups is 1. The van der Waals surface area contributed by atoms with Gasteiger partial charge >= 0.3 is 6.09 Å². The largest absolute Gasteiger partial charge is 0.444 e. The smallest absolute Gasteiger partial charge is 0.410 e. The molecule has 4 heteroatoms. The molecule has 0 bridgehead atoms. The van der Waals surface area contributed by atoms with E-state index in [1.54, 1.807) is 11.0 Å². The summed E-state index contributed by atoms with van der Waals surface area (Å²) in [5, 5.41) is 9.20. The zero-order valence-corrected chi connectivity index (χ0v) is 10.8. The zero-order valence-electron chi connectivity index (χ0n) is 10.8. The Morgan fingerprint density at radius 1 is 1.65 bits per heavy atom. The number of amides is 1. The van der Waals surface area contributed by atoms with Crippen molar-refractivity contribution in [2.45, 2.75) is 39.2 Å². The van der Waals surface area contributed by atoms with E-state index in [4.69, 9.17) is 4.74 Å². The predicted molar refractivity (Wildman–Crippen MR) is 65.3 cm³/mol. The van der Waals surface area contributed by atoms with Gasteiger partial charge < -0.3 is 9.64 Å². The molecule has 1 amide bonds. The first-order chi connectivity index (χ1) is 7.82. The van der Waals surface area contributed by atoms with E-state index in [2.05, 4.69) is 12.6 Å².